The van der Waals surface area contributed by atoms with Crippen molar-refractivity contribution < 1.29 is 14.3 Å². The van der Waals surface area contributed by atoms with Crippen molar-refractivity contribution in [2.75, 3.05) is 20.8 Å². The van der Waals surface area contributed by atoms with Crippen LogP contribution in [0.5, 0.6) is 0 Å². The first-order valence-corrected chi connectivity index (χ1v) is 6.06. The molecule has 0 unspecified atom stereocenters. The van der Waals surface area contributed by atoms with Crippen LogP contribution in [0.1, 0.15) is 5.56 Å². The molecule has 2 N–H and O–H groups in total. The summed E-state index contributed by atoms with van der Waals surface area (Å²) in [5.74, 6) is 0. The van der Waals surface area contributed by atoms with Crippen LogP contribution < -0.4 is 10.6 Å². The molecule has 0 saturated heterocycles. The normalized spacial score (nSPS) is 10.9. The second-order valence-electron chi connectivity index (χ2n) is 3.61. The van der Waals surface area contributed by atoms with Crippen LogP contribution in [-0.2, 0) is 9.47 Å². The number of halogens is 1. The minimum atomic E-state index is -0.460. The van der Waals surface area contributed by atoms with E-state index in [1.165, 1.54) is 20.4 Å². The predicted octanol–water partition coefficient (Wildman–Crippen LogP) is 2.23. The predicted molar refractivity (Wildman–Crippen MR) is 74.8 cm³/mol. The molecular formula is C13H17ClN2O3. The summed E-state index contributed by atoms with van der Waals surface area (Å²) >= 11 is 5.97. The van der Waals surface area contributed by atoms with Gasteiger partial charge in [0.15, 0.2) is 6.29 Å². The molecule has 0 fully saturated rings. The van der Waals surface area contributed by atoms with Gasteiger partial charge in [-0.3, -0.25) is 0 Å². The molecule has 0 spiro atoms. The highest BCUT2D eigenvalue weighted by Gasteiger charge is 2.06. The number of benzene rings is 1. The third-order valence-corrected chi connectivity index (χ3v) is 2.68. The van der Waals surface area contributed by atoms with Gasteiger partial charge in [0.05, 0.1) is 6.54 Å². The molecule has 0 radical (unpaired) electrons. The number of nitrogens with one attached hydrogen (secondary N) is 2. The molecular weight excluding hydrogens is 268 g/mol. The Kier molecular flexibility index (Phi) is 6.95. The Morgan fingerprint density at radius 2 is 2.05 bits per heavy atom. The van der Waals surface area contributed by atoms with Crippen LogP contribution in [0.4, 0.5) is 4.79 Å². The van der Waals surface area contributed by atoms with Gasteiger partial charge in [0, 0.05) is 25.4 Å². The van der Waals surface area contributed by atoms with E-state index >= 15 is 0 Å². The molecule has 5 nitrogen and oxygen atoms in total. The zero-order valence-electron chi connectivity index (χ0n) is 10.9. The number of ether oxygens (including phenoxy) is 2. The van der Waals surface area contributed by atoms with E-state index in [0.29, 0.717) is 5.02 Å². The zero-order chi connectivity index (χ0) is 14.1. The molecule has 19 heavy (non-hydrogen) atoms. The van der Waals surface area contributed by atoms with E-state index in [1.807, 2.05) is 18.2 Å². The van der Waals surface area contributed by atoms with Gasteiger partial charge >= 0.3 is 6.03 Å². The minimum absolute atomic E-state index is 0.263. The van der Waals surface area contributed by atoms with E-state index < -0.39 is 6.29 Å². The number of amides is 2. The number of urea groups is 1. The minimum Gasteiger partial charge on any atom is -0.354 e. The molecule has 104 valence electrons. The molecule has 0 aliphatic heterocycles. The Balaban J connectivity index is 2.36. The lowest BCUT2D eigenvalue weighted by Crippen LogP contribution is -2.38. The average molecular weight is 285 g/mol. The Morgan fingerprint density at radius 3 is 2.68 bits per heavy atom. The highest BCUT2D eigenvalue weighted by Crippen LogP contribution is 2.15. The van der Waals surface area contributed by atoms with Crippen molar-refractivity contribution in [2.45, 2.75) is 6.29 Å². The first-order valence-electron chi connectivity index (χ1n) is 5.68. The highest BCUT2D eigenvalue weighted by molar-refractivity contribution is 6.32. The molecule has 2 amide bonds. The summed E-state index contributed by atoms with van der Waals surface area (Å²) < 4.78 is 9.88. The average Bonchev–Trinajstić information content (AvgIpc) is 2.42. The van der Waals surface area contributed by atoms with Crippen LogP contribution in [0.3, 0.4) is 0 Å². The van der Waals surface area contributed by atoms with Crippen molar-refractivity contribution >= 4 is 23.7 Å². The maximum absolute atomic E-state index is 11.4. The SMILES string of the molecule is COC(CNC(=O)N/C=C/c1ccccc1Cl)OC. The van der Waals surface area contributed by atoms with Crippen molar-refractivity contribution in [3.05, 3.63) is 41.1 Å². The number of hydrogen-bond acceptors (Lipinski definition) is 3. The molecule has 1 aromatic rings. The van der Waals surface area contributed by atoms with Crippen molar-refractivity contribution in [2.24, 2.45) is 0 Å². The summed E-state index contributed by atoms with van der Waals surface area (Å²) in [6.07, 6.45) is 2.77. The summed E-state index contributed by atoms with van der Waals surface area (Å²) in [6.45, 7) is 0.263. The van der Waals surface area contributed by atoms with E-state index in [4.69, 9.17) is 21.1 Å². The fourth-order valence-corrected chi connectivity index (χ4v) is 1.51. The highest BCUT2D eigenvalue weighted by atomic mass is 35.5. The number of rotatable bonds is 6. The molecule has 1 aromatic carbocycles. The third-order valence-electron chi connectivity index (χ3n) is 2.34. The van der Waals surface area contributed by atoms with E-state index in [2.05, 4.69) is 10.6 Å². The number of carbonyl (C=O) groups excluding carboxylic acids is 1. The molecule has 0 heterocycles. The molecule has 0 saturated carbocycles. The zero-order valence-corrected chi connectivity index (χ0v) is 11.6. The van der Waals surface area contributed by atoms with Gasteiger partial charge in [-0.15, -0.1) is 0 Å². The van der Waals surface area contributed by atoms with Crippen molar-refractivity contribution in [1.29, 1.82) is 0 Å². The van der Waals surface area contributed by atoms with Crippen LogP contribution in [0.15, 0.2) is 30.5 Å². The van der Waals surface area contributed by atoms with E-state index in [9.17, 15) is 4.79 Å². The summed E-state index contributed by atoms with van der Waals surface area (Å²) in [5, 5.41) is 5.79. The Bertz CT molecular complexity index is 434. The lowest BCUT2D eigenvalue weighted by Gasteiger charge is -2.13. The molecule has 0 aliphatic carbocycles. The first-order chi connectivity index (χ1) is 9.17. The van der Waals surface area contributed by atoms with E-state index in [1.54, 1.807) is 12.1 Å². The first kappa shape index (κ1) is 15.5. The van der Waals surface area contributed by atoms with Crippen LogP contribution in [-0.4, -0.2) is 33.1 Å². The summed E-state index contributed by atoms with van der Waals surface area (Å²) in [5.41, 5.74) is 0.830. The van der Waals surface area contributed by atoms with Crippen LogP contribution >= 0.6 is 11.6 Å². The van der Waals surface area contributed by atoms with Crippen molar-refractivity contribution in [1.82, 2.24) is 10.6 Å². The topological polar surface area (TPSA) is 59.6 Å². The molecule has 0 atom stereocenters. The van der Waals surface area contributed by atoms with Gasteiger partial charge in [0.2, 0.25) is 0 Å². The lowest BCUT2D eigenvalue weighted by atomic mass is 10.2. The van der Waals surface area contributed by atoms with Crippen molar-refractivity contribution in [3.8, 4) is 0 Å². The smallest absolute Gasteiger partial charge is 0.318 e. The summed E-state index contributed by atoms with van der Waals surface area (Å²) in [4.78, 5) is 11.4. The van der Waals surface area contributed by atoms with Gasteiger partial charge in [-0.1, -0.05) is 29.8 Å². The molecule has 6 heteroatoms. The maximum atomic E-state index is 11.4. The standard InChI is InChI=1S/C13H17ClN2O3/c1-18-12(19-2)9-16-13(17)15-8-7-10-5-3-4-6-11(10)14/h3-8,12H,9H2,1-2H3,(H2,15,16,17)/b8-7+. The lowest BCUT2D eigenvalue weighted by molar-refractivity contribution is -0.0971. The second kappa shape index (κ2) is 8.53. The summed E-state index contributed by atoms with van der Waals surface area (Å²) in [6, 6.07) is 7.00. The number of carbonyl (C=O) groups is 1. The van der Waals surface area contributed by atoms with Gasteiger partial charge in [-0.2, -0.15) is 0 Å². The Labute approximate surface area is 117 Å². The van der Waals surface area contributed by atoms with Crippen LogP contribution in [0.25, 0.3) is 6.08 Å². The second-order valence-corrected chi connectivity index (χ2v) is 4.02. The van der Waals surface area contributed by atoms with Crippen molar-refractivity contribution in [3.63, 3.8) is 0 Å². The maximum Gasteiger partial charge on any atom is 0.318 e. The fourth-order valence-electron chi connectivity index (χ4n) is 1.31. The Morgan fingerprint density at radius 1 is 1.37 bits per heavy atom. The fraction of sp³-hybridized carbons (Fsp3) is 0.308. The van der Waals surface area contributed by atoms with E-state index in [0.717, 1.165) is 5.56 Å². The van der Waals surface area contributed by atoms with Gasteiger partial charge in [-0.05, 0) is 17.7 Å². The number of hydrogen-bond donors (Lipinski definition) is 2. The molecule has 1 rings (SSSR count). The van der Waals surface area contributed by atoms with E-state index in [-0.39, 0.29) is 12.6 Å². The van der Waals surface area contributed by atoms with Gasteiger partial charge in [-0.25, -0.2) is 4.79 Å². The van der Waals surface area contributed by atoms with Gasteiger partial charge < -0.3 is 20.1 Å². The van der Waals surface area contributed by atoms with Gasteiger partial charge in [0.1, 0.15) is 0 Å². The third kappa shape index (κ3) is 5.74. The molecule has 0 bridgehead atoms. The summed E-state index contributed by atoms with van der Waals surface area (Å²) in [7, 11) is 3.01. The quantitative estimate of drug-likeness (QED) is 0.788. The van der Waals surface area contributed by atoms with Crippen LogP contribution in [0, 0.1) is 0 Å². The Hall–Kier alpha value is -1.56. The van der Waals surface area contributed by atoms with Crippen LogP contribution in [0.2, 0.25) is 5.02 Å². The molecule has 0 aliphatic rings. The van der Waals surface area contributed by atoms with Gasteiger partial charge in [0.25, 0.3) is 0 Å². The molecule has 0 aromatic heterocycles. The monoisotopic (exact) mass is 284 g/mol. The largest absolute Gasteiger partial charge is 0.354 e. The number of methoxy groups -OCH3 is 2.